The van der Waals surface area contributed by atoms with Crippen LogP contribution in [0.3, 0.4) is 0 Å². The van der Waals surface area contributed by atoms with Gasteiger partial charge in [0.15, 0.2) is 0 Å². The first-order valence-electron chi connectivity index (χ1n) is 7.22. The summed E-state index contributed by atoms with van der Waals surface area (Å²) in [5, 5.41) is 3.16. The Morgan fingerprint density at radius 1 is 1.42 bits per heavy atom. The number of sulfonamides is 1. The largest absolute Gasteiger partial charge is 0.383 e. The van der Waals surface area contributed by atoms with Gasteiger partial charge in [0.1, 0.15) is 0 Å². The summed E-state index contributed by atoms with van der Waals surface area (Å²) in [5.74, 6) is 0.765. The van der Waals surface area contributed by atoms with Crippen LogP contribution in [-0.2, 0) is 14.8 Å². The standard InChI is InChI=1S/C13H28N2O3S/c1-4-14-8-5-11-19(16,17)15(9-10-18-3)12(2)13-6-7-13/h12-14H,4-11H2,1-3H3. The molecule has 0 aromatic carbocycles. The minimum atomic E-state index is -3.17. The SMILES string of the molecule is CCNCCCS(=O)(=O)N(CCOC)C(C)C1CC1. The molecule has 0 radical (unpaired) electrons. The highest BCUT2D eigenvalue weighted by atomic mass is 32.2. The van der Waals surface area contributed by atoms with Crippen molar-refractivity contribution in [1.82, 2.24) is 9.62 Å². The summed E-state index contributed by atoms with van der Waals surface area (Å²) in [6, 6.07) is 0.110. The molecule has 1 rings (SSSR count). The molecular weight excluding hydrogens is 264 g/mol. The first-order chi connectivity index (χ1) is 9.03. The van der Waals surface area contributed by atoms with Crippen molar-refractivity contribution in [3.8, 4) is 0 Å². The molecule has 1 N–H and O–H groups in total. The van der Waals surface area contributed by atoms with Gasteiger partial charge in [-0.15, -0.1) is 0 Å². The van der Waals surface area contributed by atoms with E-state index < -0.39 is 10.0 Å². The highest BCUT2D eigenvalue weighted by molar-refractivity contribution is 7.89. The molecule has 0 saturated heterocycles. The summed E-state index contributed by atoms with van der Waals surface area (Å²) >= 11 is 0. The lowest BCUT2D eigenvalue weighted by atomic mass is 10.2. The van der Waals surface area contributed by atoms with E-state index in [1.165, 1.54) is 0 Å². The zero-order valence-corrected chi connectivity index (χ0v) is 13.2. The second kappa shape index (κ2) is 8.19. The van der Waals surface area contributed by atoms with Gasteiger partial charge in [-0.1, -0.05) is 6.92 Å². The van der Waals surface area contributed by atoms with Crippen molar-refractivity contribution in [3.05, 3.63) is 0 Å². The van der Waals surface area contributed by atoms with E-state index in [2.05, 4.69) is 5.32 Å². The van der Waals surface area contributed by atoms with Crippen LogP contribution in [0.1, 0.15) is 33.1 Å². The van der Waals surface area contributed by atoms with Crippen LogP contribution in [0, 0.1) is 5.92 Å². The third-order valence-corrected chi connectivity index (χ3v) is 5.67. The molecule has 1 fully saturated rings. The monoisotopic (exact) mass is 292 g/mol. The molecule has 0 aliphatic heterocycles. The molecule has 0 aromatic rings. The summed E-state index contributed by atoms with van der Waals surface area (Å²) in [7, 11) is -1.56. The molecule has 0 spiro atoms. The van der Waals surface area contributed by atoms with Gasteiger partial charge in [0.25, 0.3) is 0 Å². The number of rotatable bonds is 11. The van der Waals surface area contributed by atoms with Crippen molar-refractivity contribution < 1.29 is 13.2 Å². The van der Waals surface area contributed by atoms with Gasteiger partial charge in [-0.3, -0.25) is 0 Å². The lowest BCUT2D eigenvalue weighted by Crippen LogP contribution is -2.43. The normalized spacial score (nSPS) is 17.9. The summed E-state index contributed by atoms with van der Waals surface area (Å²) in [5.41, 5.74) is 0. The van der Waals surface area contributed by atoms with Gasteiger partial charge in [-0.05, 0) is 45.2 Å². The summed E-state index contributed by atoms with van der Waals surface area (Å²) < 4.78 is 31.5. The highest BCUT2D eigenvalue weighted by Gasteiger charge is 2.36. The fourth-order valence-corrected chi connectivity index (χ4v) is 4.04. The smallest absolute Gasteiger partial charge is 0.214 e. The third-order valence-electron chi connectivity index (χ3n) is 3.64. The van der Waals surface area contributed by atoms with Gasteiger partial charge >= 0.3 is 0 Å². The van der Waals surface area contributed by atoms with E-state index in [-0.39, 0.29) is 11.8 Å². The van der Waals surface area contributed by atoms with Crippen molar-refractivity contribution in [2.45, 2.75) is 39.2 Å². The summed E-state index contributed by atoms with van der Waals surface area (Å²) in [4.78, 5) is 0. The van der Waals surface area contributed by atoms with Crippen molar-refractivity contribution in [1.29, 1.82) is 0 Å². The molecule has 19 heavy (non-hydrogen) atoms. The first-order valence-corrected chi connectivity index (χ1v) is 8.83. The number of methoxy groups -OCH3 is 1. The molecule has 0 aromatic heterocycles. The van der Waals surface area contributed by atoms with Crippen molar-refractivity contribution in [2.24, 2.45) is 5.92 Å². The summed E-state index contributed by atoms with van der Waals surface area (Å²) in [6.45, 7) is 6.61. The van der Waals surface area contributed by atoms with Gasteiger partial charge in [0.2, 0.25) is 10.0 Å². The van der Waals surface area contributed by atoms with Gasteiger partial charge in [-0.2, -0.15) is 4.31 Å². The topological polar surface area (TPSA) is 58.6 Å². The van der Waals surface area contributed by atoms with Crippen LogP contribution in [0.2, 0.25) is 0 Å². The van der Waals surface area contributed by atoms with Crippen LogP contribution in [-0.4, -0.2) is 57.9 Å². The zero-order valence-electron chi connectivity index (χ0n) is 12.4. The number of nitrogens with one attached hydrogen (secondary N) is 1. The maximum absolute atomic E-state index is 12.4. The Balaban J connectivity index is 2.54. The second-order valence-electron chi connectivity index (χ2n) is 5.20. The average molecular weight is 292 g/mol. The van der Waals surface area contributed by atoms with Crippen LogP contribution < -0.4 is 5.32 Å². The van der Waals surface area contributed by atoms with Crippen molar-refractivity contribution in [3.63, 3.8) is 0 Å². The molecule has 6 heteroatoms. The molecule has 1 atom stereocenters. The average Bonchev–Trinajstić information content (AvgIpc) is 3.19. The predicted molar refractivity (Wildman–Crippen MR) is 77.7 cm³/mol. The van der Waals surface area contributed by atoms with E-state index in [9.17, 15) is 8.42 Å². The minimum absolute atomic E-state index is 0.110. The van der Waals surface area contributed by atoms with Crippen LogP contribution >= 0.6 is 0 Å². The number of hydrogen-bond acceptors (Lipinski definition) is 4. The van der Waals surface area contributed by atoms with Gasteiger partial charge < -0.3 is 10.1 Å². The molecule has 0 amide bonds. The minimum Gasteiger partial charge on any atom is -0.383 e. The lowest BCUT2D eigenvalue weighted by Gasteiger charge is -2.28. The number of nitrogens with zero attached hydrogens (tertiary/aromatic N) is 1. The molecule has 0 bridgehead atoms. The fourth-order valence-electron chi connectivity index (χ4n) is 2.26. The molecule has 1 aliphatic rings. The van der Waals surface area contributed by atoms with Gasteiger partial charge in [0.05, 0.1) is 12.4 Å². The fraction of sp³-hybridized carbons (Fsp3) is 1.00. The zero-order chi connectivity index (χ0) is 14.3. The van der Waals surface area contributed by atoms with E-state index in [1.54, 1.807) is 11.4 Å². The molecule has 5 nitrogen and oxygen atoms in total. The van der Waals surface area contributed by atoms with E-state index >= 15 is 0 Å². The Labute approximate surface area is 117 Å². The molecule has 1 aliphatic carbocycles. The highest BCUT2D eigenvalue weighted by Crippen LogP contribution is 2.36. The van der Waals surface area contributed by atoms with E-state index in [4.69, 9.17) is 4.74 Å². The lowest BCUT2D eigenvalue weighted by molar-refractivity contribution is 0.164. The van der Waals surface area contributed by atoms with Crippen molar-refractivity contribution >= 4 is 10.0 Å². The van der Waals surface area contributed by atoms with E-state index in [1.807, 2.05) is 13.8 Å². The Hall–Kier alpha value is -0.170. The second-order valence-corrected chi connectivity index (χ2v) is 7.25. The Bertz CT molecular complexity index is 342. The molecular formula is C13H28N2O3S. The quantitative estimate of drug-likeness (QED) is 0.579. The Morgan fingerprint density at radius 2 is 2.11 bits per heavy atom. The molecule has 114 valence electrons. The van der Waals surface area contributed by atoms with Crippen LogP contribution in [0.25, 0.3) is 0 Å². The maximum atomic E-state index is 12.4. The number of hydrogen-bond donors (Lipinski definition) is 1. The van der Waals surface area contributed by atoms with Crippen molar-refractivity contribution in [2.75, 3.05) is 39.1 Å². The van der Waals surface area contributed by atoms with Gasteiger partial charge in [0, 0.05) is 19.7 Å². The predicted octanol–water partition coefficient (Wildman–Crippen LogP) is 1.06. The Morgan fingerprint density at radius 3 is 2.63 bits per heavy atom. The van der Waals surface area contributed by atoms with Crippen LogP contribution in [0.4, 0.5) is 0 Å². The van der Waals surface area contributed by atoms with E-state index in [0.29, 0.717) is 25.5 Å². The third kappa shape index (κ3) is 5.77. The van der Waals surface area contributed by atoms with Gasteiger partial charge in [-0.25, -0.2) is 8.42 Å². The maximum Gasteiger partial charge on any atom is 0.214 e. The molecule has 1 saturated carbocycles. The molecule has 1 unspecified atom stereocenters. The van der Waals surface area contributed by atoms with E-state index in [0.717, 1.165) is 25.9 Å². The van der Waals surface area contributed by atoms with Crippen LogP contribution in [0.5, 0.6) is 0 Å². The number of ether oxygens (including phenoxy) is 1. The molecule has 0 heterocycles. The Kier molecular flexibility index (Phi) is 7.28. The first kappa shape index (κ1) is 16.9. The van der Waals surface area contributed by atoms with Crippen LogP contribution in [0.15, 0.2) is 0 Å². The summed E-state index contributed by atoms with van der Waals surface area (Å²) in [6.07, 6.45) is 2.96.